The van der Waals surface area contributed by atoms with Crippen LogP contribution in [0.15, 0.2) is 42.5 Å². The first-order chi connectivity index (χ1) is 18.0. The highest BCUT2D eigenvalue weighted by molar-refractivity contribution is 6.31. The first-order valence-corrected chi connectivity index (χ1v) is 14.2. The minimum Gasteiger partial charge on any atom is -0.493 e. The Kier molecular flexibility index (Phi) is 8.58. The van der Waals surface area contributed by atoms with Gasteiger partial charge in [-0.15, -0.1) is 0 Å². The maximum absolute atomic E-state index is 13.4. The number of morpholine rings is 1. The van der Waals surface area contributed by atoms with E-state index in [0.29, 0.717) is 39.3 Å². The summed E-state index contributed by atoms with van der Waals surface area (Å²) in [5.41, 5.74) is 3.43. The Labute approximate surface area is 226 Å². The van der Waals surface area contributed by atoms with E-state index < -0.39 is 0 Å². The number of halogens is 1. The van der Waals surface area contributed by atoms with Crippen molar-refractivity contribution in [2.45, 2.75) is 45.6 Å². The van der Waals surface area contributed by atoms with Crippen molar-refractivity contribution in [2.75, 3.05) is 64.0 Å². The molecule has 1 unspecified atom stereocenters. The molecule has 3 aliphatic rings. The first-order valence-electron chi connectivity index (χ1n) is 13.8. The van der Waals surface area contributed by atoms with Gasteiger partial charge in [-0.2, -0.15) is 0 Å². The third kappa shape index (κ3) is 6.78. The normalized spacial score (nSPS) is 22.9. The summed E-state index contributed by atoms with van der Waals surface area (Å²) in [4.78, 5) is 20.3. The minimum atomic E-state index is -0.226. The summed E-state index contributed by atoms with van der Waals surface area (Å²) in [5.74, 6) is 1.03. The van der Waals surface area contributed by atoms with Gasteiger partial charge in [-0.05, 0) is 80.6 Å². The SMILES string of the molecule is Cc1cc(OCC2(CC(=O)N3CCOCC3)CCCN(Cc3ccc(N4CCCC4)cc3)C2)ccc1Cl. The quantitative estimate of drug-likeness (QED) is 0.476. The van der Waals surface area contributed by atoms with E-state index >= 15 is 0 Å². The van der Waals surface area contributed by atoms with E-state index in [1.807, 2.05) is 30.0 Å². The number of carbonyl (C=O) groups is 1. The number of hydrogen-bond donors (Lipinski definition) is 0. The van der Waals surface area contributed by atoms with Crippen LogP contribution in [-0.2, 0) is 16.1 Å². The average molecular weight is 526 g/mol. The van der Waals surface area contributed by atoms with Crippen molar-refractivity contribution in [1.29, 1.82) is 0 Å². The van der Waals surface area contributed by atoms with Crippen LogP contribution in [0.4, 0.5) is 5.69 Å². The number of likely N-dealkylation sites (tertiary alicyclic amines) is 1. The molecule has 2 aromatic carbocycles. The second-order valence-electron chi connectivity index (χ2n) is 11.0. The summed E-state index contributed by atoms with van der Waals surface area (Å²) in [6.07, 6.45) is 5.13. The molecule has 6 nitrogen and oxygen atoms in total. The molecule has 3 fully saturated rings. The van der Waals surface area contributed by atoms with Gasteiger partial charge in [-0.1, -0.05) is 23.7 Å². The number of hydrogen-bond acceptors (Lipinski definition) is 5. The van der Waals surface area contributed by atoms with Gasteiger partial charge in [-0.25, -0.2) is 0 Å². The van der Waals surface area contributed by atoms with Crippen LogP contribution in [0.3, 0.4) is 0 Å². The fraction of sp³-hybridized carbons (Fsp3) is 0.567. The molecular weight excluding hydrogens is 486 g/mol. The molecule has 3 aliphatic heterocycles. The van der Waals surface area contributed by atoms with Gasteiger partial charge >= 0.3 is 0 Å². The average Bonchev–Trinajstić information content (AvgIpc) is 3.46. The van der Waals surface area contributed by atoms with Gasteiger partial charge in [0.05, 0.1) is 19.8 Å². The molecule has 0 aromatic heterocycles. The van der Waals surface area contributed by atoms with Gasteiger partial charge in [0, 0.05) is 61.8 Å². The monoisotopic (exact) mass is 525 g/mol. The zero-order valence-electron chi connectivity index (χ0n) is 22.1. The van der Waals surface area contributed by atoms with E-state index in [0.717, 1.165) is 61.9 Å². The third-order valence-corrected chi connectivity index (χ3v) is 8.54. The van der Waals surface area contributed by atoms with E-state index in [-0.39, 0.29) is 11.3 Å². The Morgan fingerprint density at radius 3 is 2.49 bits per heavy atom. The maximum Gasteiger partial charge on any atom is 0.223 e. The number of amides is 1. The van der Waals surface area contributed by atoms with Gasteiger partial charge < -0.3 is 19.3 Å². The van der Waals surface area contributed by atoms with E-state index in [9.17, 15) is 4.79 Å². The molecule has 0 saturated carbocycles. The van der Waals surface area contributed by atoms with Gasteiger partial charge in [0.1, 0.15) is 5.75 Å². The van der Waals surface area contributed by atoms with Crippen LogP contribution in [0, 0.1) is 12.3 Å². The lowest BCUT2D eigenvalue weighted by Crippen LogP contribution is -2.50. The predicted molar refractivity (Wildman–Crippen MR) is 149 cm³/mol. The first kappa shape index (κ1) is 26.3. The van der Waals surface area contributed by atoms with Crippen LogP contribution in [0.5, 0.6) is 5.75 Å². The van der Waals surface area contributed by atoms with Crippen molar-refractivity contribution in [1.82, 2.24) is 9.80 Å². The van der Waals surface area contributed by atoms with Crippen molar-refractivity contribution in [2.24, 2.45) is 5.41 Å². The number of carbonyl (C=O) groups excluding carboxylic acids is 1. The van der Waals surface area contributed by atoms with Crippen LogP contribution in [-0.4, -0.2) is 74.8 Å². The summed E-state index contributed by atoms with van der Waals surface area (Å²) >= 11 is 6.23. The summed E-state index contributed by atoms with van der Waals surface area (Å²) < 4.78 is 11.8. The highest BCUT2D eigenvalue weighted by Gasteiger charge is 2.39. The number of aryl methyl sites for hydroxylation is 1. The molecule has 0 N–H and O–H groups in total. The molecule has 3 saturated heterocycles. The second kappa shape index (κ2) is 12.1. The standard InChI is InChI=1S/C30H40ClN3O3/c1-24-19-27(9-10-28(24)31)37-23-30(20-29(35)34-15-17-36-18-16-34)11-4-12-32(22-30)21-25-5-7-26(8-6-25)33-13-2-3-14-33/h5-10,19H,2-4,11-18,20-23H2,1H3. The topological polar surface area (TPSA) is 45.2 Å². The molecule has 5 rings (SSSR count). The molecule has 0 bridgehead atoms. The zero-order chi connectivity index (χ0) is 25.7. The molecule has 0 aliphatic carbocycles. The Balaban J connectivity index is 1.28. The molecule has 0 radical (unpaired) electrons. The van der Waals surface area contributed by atoms with E-state index in [1.165, 1.54) is 24.1 Å². The minimum absolute atomic E-state index is 0.219. The molecule has 7 heteroatoms. The summed E-state index contributed by atoms with van der Waals surface area (Å²) in [7, 11) is 0. The van der Waals surface area contributed by atoms with Crippen LogP contribution >= 0.6 is 11.6 Å². The number of benzene rings is 2. The Hall–Kier alpha value is -2.28. The van der Waals surface area contributed by atoms with Crippen molar-refractivity contribution in [3.8, 4) is 5.75 Å². The van der Waals surface area contributed by atoms with Gasteiger partial charge in [0.2, 0.25) is 5.91 Å². The van der Waals surface area contributed by atoms with Crippen LogP contribution in [0.2, 0.25) is 5.02 Å². The third-order valence-electron chi connectivity index (χ3n) is 8.12. The van der Waals surface area contributed by atoms with Crippen molar-refractivity contribution in [3.63, 3.8) is 0 Å². The van der Waals surface area contributed by atoms with Gasteiger partial charge in [-0.3, -0.25) is 9.69 Å². The van der Waals surface area contributed by atoms with Crippen molar-refractivity contribution in [3.05, 3.63) is 58.6 Å². The molecule has 2 aromatic rings. The number of anilines is 1. The van der Waals surface area contributed by atoms with Crippen LogP contribution in [0.25, 0.3) is 0 Å². The highest BCUT2D eigenvalue weighted by Crippen LogP contribution is 2.36. The molecule has 1 amide bonds. The Bertz CT molecular complexity index is 1050. The molecule has 1 atom stereocenters. The Morgan fingerprint density at radius 1 is 1.00 bits per heavy atom. The number of rotatable bonds is 8. The van der Waals surface area contributed by atoms with E-state index in [1.54, 1.807) is 0 Å². The lowest BCUT2D eigenvalue weighted by molar-refractivity contribution is -0.139. The molecular formula is C30H40ClN3O3. The molecule has 200 valence electrons. The highest BCUT2D eigenvalue weighted by atomic mass is 35.5. The summed E-state index contributed by atoms with van der Waals surface area (Å²) in [6, 6.07) is 14.9. The maximum atomic E-state index is 13.4. The van der Waals surface area contributed by atoms with Gasteiger partial charge in [0.25, 0.3) is 0 Å². The lowest BCUT2D eigenvalue weighted by atomic mass is 9.77. The predicted octanol–water partition coefficient (Wildman–Crippen LogP) is 5.16. The van der Waals surface area contributed by atoms with E-state index in [2.05, 4.69) is 34.1 Å². The van der Waals surface area contributed by atoms with Crippen molar-refractivity contribution < 1.29 is 14.3 Å². The molecule has 37 heavy (non-hydrogen) atoms. The number of ether oxygens (including phenoxy) is 2. The van der Waals surface area contributed by atoms with Crippen LogP contribution in [0.1, 0.15) is 43.2 Å². The summed E-state index contributed by atoms with van der Waals surface area (Å²) in [5, 5.41) is 0.740. The number of nitrogens with zero attached hydrogens (tertiary/aromatic N) is 3. The smallest absolute Gasteiger partial charge is 0.223 e. The molecule has 0 spiro atoms. The Morgan fingerprint density at radius 2 is 1.76 bits per heavy atom. The molecule has 3 heterocycles. The largest absolute Gasteiger partial charge is 0.493 e. The zero-order valence-corrected chi connectivity index (χ0v) is 22.8. The fourth-order valence-electron chi connectivity index (χ4n) is 5.99. The second-order valence-corrected chi connectivity index (χ2v) is 11.5. The fourth-order valence-corrected chi connectivity index (χ4v) is 6.11. The summed E-state index contributed by atoms with van der Waals surface area (Å²) in [6.45, 7) is 10.2. The van der Waals surface area contributed by atoms with E-state index in [4.69, 9.17) is 21.1 Å². The van der Waals surface area contributed by atoms with Gasteiger partial charge in [0.15, 0.2) is 0 Å². The van der Waals surface area contributed by atoms with Crippen molar-refractivity contribution >= 4 is 23.2 Å². The lowest BCUT2D eigenvalue weighted by Gasteiger charge is -2.43. The van der Waals surface area contributed by atoms with Crippen LogP contribution < -0.4 is 9.64 Å². The number of piperidine rings is 1.